The fraction of sp³-hybridized carbons (Fsp3) is 0.400. The third-order valence-corrected chi connectivity index (χ3v) is 7.01. The first-order valence-electron chi connectivity index (χ1n) is 11.3. The number of benzene rings is 2. The van der Waals surface area contributed by atoms with E-state index in [0.29, 0.717) is 35.2 Å². The van der Waals surface area contributed by atoms with Gasteiger partial charge in [0.25, 0.3) is 11.8 Å². The fourth-order valence-corrected chi connectivity index (χ4v) is 4.75. The summed E-state index contributed by atoms with van der Waals surface area (Å²) >= 11 is 1.33. The molecular formula is C25H30N4O4S. The number of amides is 2. The highest BCUT2D eigenvalue weighted by molar-refractivity contribution is 7.20. The summed E-state index contributed by atoms with van der Waals surface area (Å²) < 4.78 is 12.6. The number of hydrogen-bond acceptors (Lipinski definition) is 7. The summed E-state index contributed by atoms with van der Waals surface area (Å²) in [5, 5.41) is 6.71. The highest BCUT2D eigenvalue weighted by atomic mass is 32.1. The number of hydrogen-bond donors (Lipinski definition) is 2. The third-order valence-electron chi connectivity index (χ3n) is 5.97. The summed E-state index contributed by atoms with van der Waals surface area (Å²) in [5.74, 6) is 0.177. The number of thiazole rings is 1. The predicted molar refractivity (Wildman–Crippen MR) is 134 cm³/mol. The quantitative estimate of drug-likeness (QED) is 0.592. The van der Waals surface area contributed by atoms with Crippen molar-refractivity contribution in [3.8, 4) is 5.75 Å². The van der Waals surface area contributed by atoms with E-state index in [1.165, 1.54) is 11.3 Å². The summed E-state index contributed by atoms with van der Waals surface area (Å²) in [7, 11) is 3.42. The van der Waals surface area contributed by atoms with Gasteiger partial charge in [-0.3, -0.25) is 9.59 Å². The molecule has 2 N–H and O–H groups in total. The minimum absolute atomic E-state index is 0.0958. The number of para-hydroxylation sites is 1. The van der Waals surface area contributed by atoms with Crippen LogP contribution in [0, 0.1) is 5.92 Å². The highest BCUT2D eigenvalue weighted by Gasteiger charge is 2.26. The van der Waals surface area contributed by atoms with E-state index in [1.807, 2.05) is 31.2 Å². The lowest BCUT2D eigenvalue weighted by molar-refractivity contribution is 0.0281. The lowest BCUT2D eigenvalue weighted by Crippen LogP contribution is -2.44. The van der Waals surface area contributed by atoms with Crippen LogP contribution in [0.15, 0.2) is 42.5 Å². The average molecular weight is 483 g/mol. The van der Waals surface area contributed by atoms with Gasteiger partial charge in [0.2, 0.25) is 0 Å². The molecule has 2 aromatic carbocycles. The lowest BCUT2D eigenvalue weighted by atomic mass is 10.0. The molecule has 180 valence electrons. The fourth-order valence-electron chi connectivity index (χ4n) is 3.89. The van der Waals surface area contributed by atoms with Gasteiger partial charge in [-0.2, -0.15) is 0 Å². The number of nitrogens with zero attached hydrogens (tertiary/aromatic N) is 2. The van der Waals surface area contributed by atoms with Gasteiger partial charge in [0.15, 0.2) is 5.01 Å². The van der Waals surface area contributed by atoms with Crippen molar-refractivity contribution in [1.82, 2.24) is 15.2 Å². The van der Waals surface area contributed by atoms with Crippen LogP contribution < -0.4 is 15.4 Å². The van der Waals surface area contributed by atoms with Crippen molar-refractivity contribution in [3.63, 3.8) is 0 Å². The van der Waals surface area contributed by atoms with Crippen LogP contribution in [0.4, 0.5) is 5.69 Å². The number of carbonyl (C=O) groups excluding carboxylic acids is 2. The Morgan fingerprint density at radius 3 is 2.82 bits per heavy atom. The molecule has 0 spiro atoms. The van der Waals surface area contributed by atoms with Gasteiger partial charge in [0.05, 0.1) is 21.9 Å². The second-order valence-corrected chi connectivity index (χ2v) is 9.74. The third kappa shape index (κ3) is 5.38. The van der Waals surface area contributed by atoms with Crippen LogP contribution in [0.25, 0.3) is 10.2 Å². The van der Waals surface area contributed by atoms with Crippen LogP contribution in [0.2, 0.25) is 0 Å². The SMILES string of the molecule is CO[C@H]1CN(C)C(=O)c2cc(NC(=O)c3nc4ccccc4s3)ccc2OC[C@H](C)NC[C@H]1C. The number of rotatable bonds is 3. The first kappa shape index (κ1) is 24.1. The number of likely N-dealkylation sites (N-methyl/N-ethyl adjacent to an activating group) is 1. The molecule has 0 fully saturated rings. The summed E-state index contributed by atoms with van der Waals surface area (Å²) in [6, 6.07) is 12.8. The number of carbonyl (C=O) groups is 2. The van der Waals surface area contributed by atoms with Gasteiger partial charge in [0, 0.05) is 39.0 Å². The molecule has 8 nitrogen and oxygen atoms in total. The number of aromatic nitrogens is 1. The topological polar surface area (TPSA) is 92.8 Å². The van der Waals surface area contributed by atoms with Crippen LogP contribution in [-0.2, 0) is 4.74 Å². The van der Waals surface area contributed by atoms with Crippen LogP contribution in [0.5, 0.6) is 5.75 Å². The van der Waals surface area contributed by atoms with E-state index >= 15 is 0 Å². The molecule has 0 radical (unpaired) electrons. The van der Waals surface area contributed by atoms with Crippen molar-refractivity contribution < 1.29 is 19.1 Å². The summed E-state index contributed by atoms with van der Waals surface area (Å²) in [4.78, 5) is 32.3. The van der Waals surface area contributed by atoms with E-state index in [-0.39, 0.29) is 29.9 Å². The molecule has 0 unspecified atom stereocenters. The molecule has 34 heavy (non-hydrogen) atoms. The van der Waals surface area contributed by atoms with Crippen molar-refractivity contribution >= 4 is 39.1 Å². The molecule has 0 aliphatic carbocycles. The smallest absolute Gasteiger partial charge is 0.284 e. The van der Waals surface area contributed by atoms with Gasteiger partial charge >= 0.3 is 0 Å². The number of nitrogens with one attached hydrogen (secondary N) is 2. The Balaban J connectivity index is 1.60. The van der Waals surface area contributed by atoms with E-state index in [1.54, 1.807) is 37.3 Å². The van der Waals surface area contributed by atoms with E-state index < -0.39 is 0 Å². The molecule has 1 aliphatic rings. The van der Waals surface area contributed by atoms with Gasteiger partial charge in [-0.05, 0) is 43.2 Å². The van der Waals surface area contributed by atoms with Crippen molar-refractivity contribution in [2.45, 2.75) is 26.0 Å². The summed E-state index contributed by atoms with van der Waals surface area (Å²) in [6.07, 6.45) is -0.112. The van der Waals surface area contributed by atoms with Crippen LogP contribution >= 0.6 is 11.3 Å². The van der Waals surface area contributed by atoms with E-state index in [9.17, 15) is 9.59 Å². The van der Waals surface area contributed by atoms with Gasteiger partial charge in [-0.15, -0.1) is 11.3 Å². The Labute approximate surface area is 203 Å². The Morgan fingerprint density at radius 1 is 1.26 bits per heavy atom. The zero-order valence-electron chi connectivity index (χ0n) is 19.8. The van der Waals surface area contributed by atoms with Crippen LogP contribution in [0.1, 0.15) is 34.0 Å². The largest absolute Gasteiger partial charge is 0.491 e. The maximum absolute atomic E-state index is 13.4. The molecule has 2 heterocycles. The normalized spacial score (nSPS) is 21.8. The molecule has 1 aliphatic heterocycles. The molecule has 3 aromatic rings. The second-order valence-electron chi connectivity index (χ2n) is 8.71. The molecule has 9 heteroatoms. The molecule has 0 saturated heterocycles. The zero-order valence-corrected chi connectivity index (χ0v) is 20.6. The average Bonchev–Trinajstić information content (AvgIpc) is 3.28. The number of ether oxygens (including phenoxy) is 2. The first-order chi connectivity index (χ1) is 16.4. The van der Waals surface area contributed by atoms with Gasteiger partial charge in [0.1, 0.15) is 12.4 Å². The lowest BCUT2D eigenvalue weighted by Gasteiger charge is -2.30. The minimum atomic E-state index is -0.317. The van der Waals surface area contributed by atoms with Crippen molar-refractivity contribution in [2.75, 3.05) is 39.2 Å². The van der Waals surface area contributed by atoms with Crippen molar-refractivity contribution in [2.24, 2.45) is 5.92 Å². The van der Waals surface area contributed by atoms with Gasteiger partial charge < -0.3 is 25.0 Å². The maximum atomic E-state index is 13.4. The molecular weight excluding hydrogens is 452 g/mol. The van der Waals surface area contributed by atoms with Crippen LogP contribution in [0.3, 0.4) is 0 Å². The predicted octanol–water partition coefficient (Wildman–Crippen LogP) is 3.64. The monoisotopic (exact) mass is 482 g/mol. The molecule has 4 rings (SSSR count). The maximum Gasteiger partial charge on any atom is 0.284 e. The first-order valence-corrected chi connectivity index (χ1v) is 12.1. The Hall–Kier alpha value is -3.01. The Bertz CT molecular complexity index is 1150. The van der Waals surface area contributed by atoms with E-state index in [2.05, 4.69) is 22.5 Å². The van der Waals surface area contributed by atoms with Crippen LogP contribution in [-0.4, -0.2) is 67.7 Å². The van der Waals surface area contributed by atoms with E-state index in [0.717, 1.165) is 16.8 Å². The summed E-state index contributed by atoms with van der Waals surface area (Å²) in [6.45, 7) is 5.75. The minimum Gasteiger partial charge on any atom is -0.491 e. The van der Waals surface area contributed by atoms with Gasteiger partial charge in [-0.1, -0.05) is 19.1 Å². The Kier molecular flexibility index (Phi) is 7.45. The molecule has 0 bridgehead atoms. The molecule has 1 aromatic heterocycles. The molecule has 2 amide bonds. The number of methoxy groups -OCH3 is 1. The van der Waals surface area contributed by atoms with Crippen molar-refractivity contribution in [3.05, 3.63) is 53.0 Å². The van der Waals surface area contributed by atoms with Gasteiger partial charge in [-0.25, -0.2) is 4.98 Å². The standard InChI is InChI=1S/C25H30N4O4S/c1-15-12-26-16(2)14-33-20-10-9-17(11-18(20)25(31)29(3)13-21(15)32-4)27-23(30)24-28-19-7-5-6-8-22(19)34-24/h5-11,15-16,21,26H,12-14H2,1-4H3,(H,27,30)/t15-,16+,21+/m1/s1. The number of anilines is 1. The molecule has 0 saturated carbocycles. The zero-order chi connectivity index (χ0) is 24.2. The Morgan fingerprint density at radius 2 is 2.06 bits per heavy atom. The second kappa shape index (κ2) is 10.5. The highest BCUT2D eigenvalue weighted by Crippen LogP contribution is 2.27. The summed E-state index contributed by atoms with van der Waals surface area (Å²) in [5.41, 5.74) is 1.67. The molecule has 3 atom stereocenters. The van der Waals surface area contributed by atoms with E-state index in [4.69, 9.17) is 9.47 Å². The van der Waals surface area contributed by atoms with Crippen molar-refractivity contribution in [1.29, 1.82) is 0 Å². The number of fused-ring (bicyclic) bond motifs is 2.